The van der Waals surface area contributed by atoms with E-state index >= 15 is 0 Å². The molecule has 0 saturated carbocycles. The van der Waals surface area contributed by atoms with Crippen LogP contribution in [0.1, 0.15) is 187 Å². The molecule has 1 aliphatic heterocycles. The first-order valence-electron chi connectivity index (χ1n) is 21.9. The Morgan fingerprint density at radius 3 is 1.46 bits per heavy atom. The van der Waals surface area contributed by atoms with Gasteiger partial charge in [-0.1, -0.05) is 134 Å². The van der Waals surface area contributed by atoms with E-state index in [1.54, 1.807) is 0 Å². The molecule has 10 nitrogen and oxygen atoms in total. The van der Waals surface area contributed by atoms with Crippen LogP contribution in [0.2, 0.25) is 0 Å². The second-order valence-corrected chi connectivity index (χ2v) is 15.1. The molecule has 10 heteroatoms. The molecule has 2 unspecified atom stereocenters. The van der Waals surface area contributed by atoms with Crippen LogP contribution >= 0.6 is 0 Å². The molecule has 0 aliphatic carbocycles. The van der Waals surface area contributed by atoms with Gasteiger partial charge in [0.1, 0.15) is 31.0 Å². The summed E-state index contributed by atoms with van der Waals surface area (Å²) in [6.45, 7) is 3.39. The van der Waals surface area contributed by atoms with Gasteiger partial charge in [0, 0.05) is 12.8 Å². The number of esters is 2. The number of unbranched alkanes of at least 4 members (excludes halogenated alkanes) is 21. The summed E-state index contributed by atoms with van der Waals surface area (Å²) < 4.78 is 22.1. The van der Waals surface area contributed by atoms with Crippen LogP contribution in [0, 0.1) is 0 Å². The van der Waals surface area contributed by atoms with E-state index in [4.69, 9.17) is 18.9 Å². The molecule has 0 bridgehead atoms. The van der Waals surface area contributed by atoms with Gasteiger partial charge in [0.15, 0.2) is 12.4 Å². The molecular weight excluding hydrogens is 688 g/mol. The summed E-state index contributed by atoms with van der Waals surface area (Å²) in [5.74, 6) is -0.819. The lowest BCUT2D eigenvalue weighted by atomic mass is 9.99. The molecule has 0 spiro atoms. The van der Waals surface area contributed by atoms with Crippen LogP contribution in [0.15, 0.2) is 24.3 Å². The summed E-state index contributed by atoms with van der Waals surface area (Å²) in [7, 11) is 0. The summed E-state index contributed by atoms with van der Waals surface area (Å²) in [5, 5.41) is 40.0. The van der Waals surface area contributed by atoms with Crippen molar-refractivity contribution in [2.75, 3.05) is 19.8 Å². The van der Waals surface area contributed by atoms with Gasteiger partial charge in [-0.15, -0.1) is 0 Å². The second-order valence-electron chi connectivity index (χ2n) is 15.1. The lowest BCUT2D eigenvalue weighted by Crippen LogP contribution is -2.59. The van der Waals surface area contributed by atoms with E-state index in [1.165, 1.54) is 83.5 Å². The standard InChI is InChI=1S/C44H80O10/c1-3-5-7-9-11-13-15-17-19-21-22-24-26-28-30-32-39(46)51-35-37(36-52-44-43(50)42(49)41(48)38(34-45)54-44)53-40(47)33-31-29-27-25-23-20-18-16-14-12-10-8-6-4-2/h13,15-16,18,37-38,41-45,48-50H,3-12,14,17,19-36H2,1-2H3/b15-13+,18-16+/t37-,38-,41+,42?,43?,44-/m0/s1. The van der Waals surface area contributed by atoms with Crippen LogP contribution in [0.25, 0.3) is 0 Å². The van der Waals surface area contributed by atoms with Gasteiger partial charge < -0.3 is 39.4 Å². The maximum absolute atomic E-state index is 12.7. The number of aliphatic hydroxyl groups excluding tert-OH is 4. The van der Waals surface area contributed by atoms with Crippen LogP contribution < -0.4 is 0 Å². The zero-order valence-electron chi connectivity index (χ0n) is 34.2. The van der Waals surface area contributed by atoms with Crippen molar-refractivity contribution in [2.45, 2.75) is 224 Å². The molecule has 1 aliphatic rings. The third-order valence-corrected chi connectivity index (χ3v) is 10.1. The maximum Gasteiger partial charge on any atom is 0.306 e. The number of hydrogen-bond acceptors (Lipinski definition) is 10. The molecule has 0 aromatic rings. The van der Waals surface area contributed by atoms with Gasteiger partial charge in [-0.25, -0.2) is 0 Å². The number of allylic oxidation sites excluding steroid dienone is 4. The van der Waals surface area contributed by atoms with Gasteiger partial charge in [0.05, 0.1) is 13.2 Å². The van der Waals surface area contributed by atoms with Crippen molar-refractivity contribution in [1.29, 1.82) is 0 Å². The van der Waals surface area contributed by atoms with Gasteiger partial charge in [0.2, 0.25) is 0 Å². The normalized spacial score (nSPS) is 20.9. The van der Waals surface area contributed by atoms with Crippen molar-refractivity contribution >= 4 is 11.9 Å². The maximum atomic E-state index is 12.7. The van der Waals surface area contributed by atoms with Gasteiger partial charge >= 0.3 is 11.9 Å². The van der Waals surface area contributed by atoms with E-state index in [0.717, 1.165) is 70.6 Å². The minimum absolute atomic E-state index is 0.220. The molecule has 1 heterocycles. The Bertz CT molecular complexity index is 938. The highest BCUT2D eigenvalue weighted by atomic mass is 16.7. The van der Waals surface area contributed by atoms with Gasteiger partial charge in [-0.3, -0.25) is 9.59 Å². The van der Waals surface area contributed by atoms with E-state index in [0.29, 0.717) is 6.42 Å². The fourth-order valence-corrected chi connectivity index (χ4v) is 6.53. The number of carbonyl (C=O) groups excluding carboxylic acids is 2. The number of ether oxygens (including phenoxy) is 4. The topological polar surface area (TPSA) is 152 Å². The first-order valence-corrected chi connectivity index (χ1v) is 21.9. The highest BCUT2D eigenvalue weighted by molar-refractivity contribution is 5.70. The Morgan fingerprint density at radius 1 is 0.556 bits per heavy atom. The van der Waals surface area contributed by atoms with E-state index in [2.05, 4.69) is 38.2 Å². The number of aliphatic hydroxyl groups is 4. The summed E-state index contributed by atoms with van der Waals surface area (Å²) in [6.07, 6.45) is 30.4. The molecule has 6 atom stereocenters. The Balaban J connectivity index is 2.35. The zero-order valence-corrected chi connectivity index (χ0v) is 34.2. The average molecular weight is 769 g/mol. The van der Waals surface area contributed by atoms with Crippen molar-refractivity contribution in [1.82, 2.24) is 0 Å². The van der Waals surface area contributed by atoms with Crippen molar-refractivity contribution < 1.29 is 49.0 Å². The fraction of sp³-hybridized carbons (Fsp3) is 0.864. The predicted octanol–water partition coefficient (Wildman–Crippen LogP) is 8.94. The minimum atomic E-state index is -1.59. The van der Waals surface area contributed by atoms with E-state index in [9.17, 15) is 30.0 Å². The third kappa shape index (κ3) is 26.9. The molecule has 316 valence electrons. The molecule has 1 fully saturated rings. The predicted molar refractivity (Wildman–Crippen MR) is 215 cm³/mol. The van der Waals surface area contributed by atoms with Crippen LogP contribution in [0.4, 0.5) is 0 Å². The van der Waals surface area contributed by atoms with Crippen molar-refractivity contribution in [3.8, 4) is 0 Å². The van der Waals surface area contributed by atoms with Crippen molar-refractivity contribution in [3.63, 3.8) is 0 Å². The summed E-state index contributed by atoms with van der Waals surface area (Å²) >= 11 is 0. The number of rotatable bonds is 36. The quantitative estimate of drug-likeness (QED) is 0.0276. The summed E-state index contributed by atoms with van der Waals surface area (Å²) in [6, 6.07) is 0. The third-order valence-electron chi connectivity index (χ3n) is 10.1. The molecule has 0 radical (unpaired) electrons. The minimum Gasteiger partial charge on any atom is -0.462 e. The Hall–Kier alpha value is -1.82. The Morgan fingerprint density at radius 2 is 0.981 bits per heavy atom. The highest BCUT2D eigenvalue weighted by Crippen LogP contribution is 2.22. The summed E-state index contributed by atoms with van der Waals surface area (Å²) in [5.41, 5.74) is 0. The van der Waals surface area contributed by atoms with Crippen LogP contribution in [-0.4, -0.2) is 89.0 Å². The largest absolute Gasteiger partial charge is 0.462 e. The first-order chi connectivity index (χ1) is 26.3. The van der Waals surface area contributed by atoms with Gasteiger partial charge in [-0.05, 0) is 64.2 Å². The fourth-order valence-electron chi connectivity index (χ4n) is 6.53. The SMILES string of the molecule is CCCCCC/C=C/CCCCCCCCCC(=O)OC[C@@H](CO[C@H]1O[C@@H](CO)[C@@H](O)C(O)C1O)OC(=O)CCCCCCC/C=C/CCCCCCC. The van der Waals surface area contributed by atoms with Crippen LogP contribution in [0.3, 0.4) is 0 Å². The highest BCUT2D eigenvalue weighted by Gasteiger charge is 2.44. The average Bonchev–Trinajstić information content (AvgIpc) is 3.17. The molecular formula is C44H80O10. The molecule has 54 heavy (non-hydrogen) atoms. The zero-order chi connectivity index (χ0) is 39.5. The van der Waals surface area contributed by atoms with Gasteiger partial charge in [0.25, 0.3) is 0 Å². The van der Waals surface area contributed by atoms with Crippen LogP contribution in [-0.2, 0) is 28.5 Å². The number of hydrogen-bond donors (Lipinski definition) is 4. The Labute approximate surface area is 328 Å². The van der Waals surface area contributed by atoms with Gasteiger partial charge in [-0.2, -0.15) is 0 Å². The van der Waals surface area contributed by atoms with E-state index in [1.807, 2.05) is 0 Å². The van der Waals surface area contributed by atoms with E-state index in [-0.39, 0.29) is 32.0 Å². The molecule has 1 saturated heterocycles. The van der Waals surface area contributed by atoms with Crippen molar-refractivity contribution in [3.05, 3.63) is 24.3 Å². The second kappa shape index (κ2) is 35.6. The summed E-state index contributed by atoms with van der Waals surface area (Å²) in [4.78, 5) is 25.3. The smallest absolute Gasteiger partial charge is 0.306 e. The lowest BCUT2D eigenvalue weighted by Gasteiger charge is -2.39. The molecule has 0 aromatic heterocycles. The Kier molecular flexibility index (Phi) is 33.1. The molecule has 1 rings (SSSR count). The number of carbonyl (C=O) groups is 2. The monoisotopic (exact) mass is 769 g/mol. The van der Waals surface area contributed by atoms with Crippen LogP contribution in [0.5, 0.6) is 0 Å². The molecule has 0 aromatic carbocycles. The lowest BCUT2D eigenvalue weighted by molar-refractivity contribution is -0.305. The van der Waals surface area contributed by atoms with Crippen molar-refractivity contribution in [2.24, 2.45) is 0 Å². The molecule has 0 amide bonds. The molecule has 4 N–H and O–H groups in total. The first kappa shape index (κ1) is 50.2. The van der Waals surface area contributed by atoms with E-state index < -0.39 is 49.4 Å².